The molecule has 2 N–H and O–H groups in total. The zero-order chi connectivity index (χ0) is 13.8. The van der Waals surface area contributed by atoms with E-state index in [1.165, 1.54) is 18.2 Å². The van der Waals surface area contributed by atoms with Gasteiger partial charge in [-0.1, -0.05) is 0 Å². The van der Waals surface area contributed by atoms with Crippen molar-refractivity contribution in [2.45, 2.75) is 25.9 Å². The average molecular weight is 266 g/mol. The minimum absolute atomic E-state index is 0.132. The van der Waals surface area contributed by atoms with Crippen molar-refractivity contribution in [2.24, 2.45) is 0 Å². The second-order valence-electron chi connectivity index (χ2n) is 4.68. The van der Waals surface area contributed by atoms with Gasteiger partial charge >= 0.3 is 0 Å². The molecule has 1 heterocycles. The molecule has 0 aromatic heterocycles. The van der Waals surface area contributed by atoms with Crippen LogP contribution in [-0.4, -0.2) is 36.6 Å². The van der Waals surface area contributed by atoms with Crippen LogP contribution in [0.25, 0.3) is 0 Å². The molecule has 5 heteroatoms. The summed E-state index contributed by atoms with van der Waals surface area (Å²) in [6.45, 7) is 3.97. The summed E-state index contributed by atoms with van der Waals surface area (Å²) in [5.74, 6) is -0.559. The number of hydrogen-bond donors (Lipinski definition) is 1. The van der Waals surface area contributed by atoms with Gasteiger partial charge in [-0.15, -0.1) is 0 Å². The molecule has 0 aliphatic carbocycles. The largest absolute Gasteiger partial charge is 0.398 e. The SMILES string of the molecule is CCOC1CCN(C(=O)c2ccc(F)cc2N)CC1. The standard InChI is InChI=1S/C14H19FN2O2/c1-2-19-11-5-7-17(8-6-11)14(18)12-4-3-10(15)9-13(12)16/h3-4,9,11H,2,5-8,16H2,1H3. The number of likely N-dealkylation sites (tertiary alicyclic amines) is 1. The van der Waals surface area contributed by atoms with Crippen molar-refractivity contribution in [3.8, 4) is 0 Å². The van der Waals surface area contributed by atoms with Gasteiger partial charge in [-0.25, -0.2) is 4.39 Å². The van der Waals surface area contributed by atoms with Gasteiger partial charge in [-0.2, -0.15) is 0 Å². The molecule has 4 nitrogen and oxygen atoms in total. The Balaban J connectivity index is 2.01. The molecule has 1 saturated heterocycles. The Bertz CT molecular complexity index is 457. The Morgan fingerprint density at radius 3 is 2.74 bits per heavy atom. The summed E-state index contributed by atoms with van der Waals surface area (Å²) in [6.07, 6.45) is 1.90. The number of rotatable bonds is 3. The number of halogens is 1. The first-order valence-corrected chi connectivity index (χ1v) is 6.57. The highest BCUT2D eigenvalue weighted by molar-refractivity contribution is 5.99. The van der Waals surface area contributed by atoms with E-state index in [0.29, 0.717) is 25.3 Å². The highest BCUT2D eigenvalue weighted by Crippen LogP contribution is 2.20. The van der Waals surface area contributed by atoms with Gasteiger partial charge in [-0.05, 0) is 38.0 Å². The summed E-state index contributed by atoms with van der Waals surface area (Å²) in [6, 6.07) is 3.89. The molecule has 19 heavy (non-hydrogen) atoms. The van der Waals surface area contributed by atoms with Gasteiger partial charge in [0.15, 0.2) is 0 Å². The van der Waals surface area contributed by atoms with Crippen LogP contribution in [0.2, 0.25) is 0 Å². The topological polar surface area (TPSA) is 55.6 Å². The highest BCUT2D eigenvalue weighted by atomic mass is 19.1. The lowest BCUT2D eigenvalue weighted by atomic mass is 10.1. The van der Waals surface area contributed by atoms with Crippen LogP contribution in [-0.2, 0) is 4.74 Å². The second kappa shape index (κ2) is 6.02. The first-order valence-electron chi connectivity index (χ1n) is 6.57. The average Bonchev–Trinajstić information content (AvgIpc) is 2.39. The number of nitrogen functional groups attached to an aromatic ring is 1. The Labute approximate surface area is 112 Å². The monoisotopic (exact) mass is 266 g/mol. The number of hydrogen-bond acceptors (Lipinski definition) is 3. The normalized spacial score (nSPS) is 16.6. The number of carbonyl (C=O) groups excluding carboxylic acids is 1. The van der Waals surface area contributed by atoms with Crippen molar-refractivity contribution in [1.29, 1.82) is 0 Å². The molecule has 1 aromatic carbocycles. The lowest BCUT2D eigenvalue weighted by Crippen LogP contribution is -2.41. The molecule has 1 aromatic rings. The van der Waals surface area contributed by atoms with Crippen LogP contribution in [0.5, 0.6) is 0 Å². The summed E-state index contributed by atoms with van der Waals surface area (Å²) >= 11 is 0. The van der Waals surface area contributed by atoms with Gasteiger partial charge in [0.1, 0.15) is 5.82 Å². The first kappa shape index (κ1) is 13.8. The molecular formula is C14H19FN2O2. The van der Waals surface area contributed by atoms with Crippen LogP contribution >= 0.6 is 0 Å². The number of benzene rings is 1. The number of anilines is 1. The predicted molar refractivity (Wildman–Crippen MR) is 71.4 cm³/mol. The van der Waals surface area contributed by atoms with Gasteiger partial charge in [0.05, 0.1) is 11.7 Å². The minimum Gasteiger partial charge on any atom is -0.398 e. The van der Waals surface area contributed by atoms with Gasteiger partial charge in [0, 0.05) is 25.4 Å². The summed E-state index contributed by atoms with van der Waals surface area (Å²) in [5, 5.41) is 0. The zero-order valence-corrected chi connectivity index (χ0v) is 11.1. The van der Waals surface area contributed by atoms with Crippen LogP contribution in [0, 0.1) is 5.82 Å². The van der Waals surface area contributed by atoms with Gasteiger partial charge in [0.25, 0.3) is 5.91 Å². The molecule has 1 fully saturated rings. The second-order valence-corrected chi connectivity index (χ2v) is 4.68. The Hall–Kier alpha value is -1.62. The Morgan fingerprint density at radius 2 is 2.16 bits per heavy atom. The molecule has 0 bridgehead atoms. The summed E-state index contributed by atoms with van der Waals surface area (Å²) in [7, 11) is 0. The fourth-order valence-corrected chi connectivity index (χ4v) is 2.36. The molecule has 0 unspecified atom stereocenters. The van der Waals surface area contributed by atoms with E-state index in [1.807, 2.05) is 6.92 Å². The van der Waals surface area contributed by atoms with E-state index in [1.54, 1.807) is 4.90 Å². The van der Waals surface area contributed by atoms with Crippen LogP contribution in [0.15, 0.2) is 18.2 Å². The number of nitrogens with zero attached hydrogens (tertiary/aromatic N) is 1. The van der Waals surface area contributed by atoms with Crippen LogP contribution < -0.4 is 5.73 Å². The molecule has 104 valence electrons. The highest BCUT2D eigenvalue weighted by Gasteiger charge is 2.24. The predicted octanol–water partition coefficient (Wildman–Crippen LogP) is 2.05. The molecule has 0 spiro atoms. The quantitative estimate of drug-likeness (QED) is 0.852. The fourth-order valence-electron chi connectivity index (χ4n) is 2.36. The Morgan fingerprint density at radius 1 is 1.47 bits per heavy atom. The lowest BCUT2D eigenvalue weighted by Gasteiger charge is -2.32. The van der Waals surface area contributed by atoms with E-state index < -0.39 is 5.82 Å². The molecule has 0 saturated carbocycles. The molecule has 1 aliphatic heterocycles. The third kappa shape index (κ3) is 3.23. The van der Waals surface area contributed by atoms with Crippen molar-refractivity contribution in [1.82, 2.24) is 4.90 Å². The maximum atomic E-state index is 13.0. The lowest BCUT2D eigenvalue weighted by molar-refractivity contribution is 0.0146. The van der Waals surface area contributed by atoms with Gasteiger partial charge in [0.2, 0.25) is 0 Å². The van der Waals surface area contributed by atoms with Crippen LogP contribution in [0.4, 0.5) is 10.1 Å². The minimum atomic E-state index is -0.427. The van der Waals surface area contributed by atoms with Crippen LogP contribution in [0.1, 0.15) is 30.1 Å². The smallest absolute Gasteiger partial charge is 0.255 e. The van der Waals surface area contributed by atoms with Crippen molar-refractivity contribution in [3.63, 3.8) is 0 Å². The molecular weight excluding hydrogens is 247 g/mol. The maximum absolute atomic E-state index is 13.0. The number of ether oxygens (including phenoxy) is 1. The van der Waals surface area contributed by atoms with Crippen molar-refractivity contribution in [3.05, 3.63) is 29.6 Å². The molecule has 1 aliphatic rings. The number of carbonyl (C=O) groups is 1. The van der Waals surface area contributed by atoms with Gasteiger partial charge < -0.3 is 15.4 Å². The summed E-state index contributed by atoms with van der Waals surface area (Å²) in [5.41, 5.74) is 6.25. The van der Waals surface area contributed by atoms with Crippen molar-refractivity contribution >= 4 is 11.6 Å². The Kier molecular flexibility index (Phi) is 4.37. The van der Waals surface area contributed by atoms with Crippen molar-refractivity contribution in [2.75, 3.05) is 25.4 Å². The van der Waals surface area contributed by atoms with E-state index >= 15 is 0 Å². The maximum Gasteiger partial charge on any atom is 0.255 e. The molecule has 2 rings (SSSR count). The fraction of sp³-hybridized carbons (Fsp3) is 0.500. The zero-order valence-electron chi connectivity index (χ0n) is 11.1. The molecule has 0 radical (unpaired) electrons. The third-order valence-electron chi connectivity index (χ3n) is 3.38. The first-order chi connectivity index (χ1) is 9.11. The summed E-state index contributed by atoms with van der Waals surface area (Å²) in [4.78, 5) is 14.0. The van der Waals surface area contributed by atoms with E-state index in [9.17, 15) is 9.18 Å². The summed E-state index contributed by atoms with van der Waals surface area (Å²) < 4.78 is 18.5. The van der Waals surface area contributed by atoms with E-state index in [0.717, 1.165) is 12.8 Å². The van der Waals surface area contributed by atoms with E-state index in [-0.39, 0.29) is 17.7 Å². The molecule has 0 atom stereocenters. The van der Waals surface area contributed by atoms with Gasteiger partial charge in [-0.3, -0.25) is 4.79 Å². The number of nitrogens with two attached hydrogens (primary N) is 1. The van der Waals surface area contributed by atoms with Crippen molar-refractivity contribution < 1.29 is 13.9 Å². The molecule has 1 amide bonds. The number of amides is 1. The third-order valence-corrected chi connectivity index (χ3v) is 3.38. The number of piperidine rings is 1. The van der Waals surface area contributed by atoms with Crippen LogP contribution in [0.3, 0.4) is 0 Å². The van der Waals surface area contributed by atoms with E-state index in [2.05, 4.69) is 0 Å². The van der Waals surface area contributed by atoms with E-state index in [4.69, 9.17) is 10.5 Å².